The highest BCUT2D eigenvalue weighted by atomic mass is 35.5. The van der Waals surface area contributed by atoms with E-state index < -0.39 is 0 Å². The summed E-state index contributed by atoms with van der Waals surface area (Å²) in [6.07, 6.45) is 3.55. The van der Waals surface area contributed by atoms with Gasteiger partial charge in [-0.15, -0.1) is 0 Å². The van der Waals surface area contributed by atoms with E-state index in [0.717, 1.165) is 5.56 Å². The highest BCUT2D eigenvalue weighted by Gasteiger charge is 2.18. The first-order valence-corrected chi connectivity index (χ1v) is 8.22. The van der Waals surface area contributed by atoms with E-state index in [9.17, 15) is 4.79 Å². The number of hydrogen-bond donors (Lipinski definition) is 0. The Morgan fingerprint density at radius 2 is 2.04 bits per heavy atom. The Kier molecular flexibility index (Phi) is 3.99. The van der Waals surface area contributed by atoms with Gasteiger partial charge >= 0.3 is 5.69 Å². The minimum absolute atomic E-state index is 0.385. The van der Waals surface area contributed by atoms with Crippen LogP contribution >= 0.6 is 11.6 Å². The van der Waals surface area contributed by atoms with Gasteiger partial charge in [0.1, 0.15) is 5.15 Å². The summed E-state index contributed by atoms with van der Waals surface area (Å²) in [5.74, 6) is 0.565. The van der Waals surface area contributed by atoms with E-state index in [0.29, 0.717) is 34.5 Å². The summed E-state index contributed by atoms with van der Waals surface area (Å²) >= 11 is 5.83. The van der Waals surface area contributed by atoms with Crippen LogP contribution in [0.15, 0.2) is 65.7 Å². The van der Waals surface area contributed by atoms with Gasteiger partial charge in [0.2, 0.25) is 0 Å². The van der Waals surface area contributed by atoms with E-state index in [1.165, 1.54) is 4.57 Å². The minimum atomic E-state index is -0.385. The van der Waals surface area contributed by atoms with E-state index in [2.05, 4.69) is 16.0 Å². The average molecular weight is 362 g/mol. The number of benzene rings is 1. The monoisotopic (exact) mass is 361 g/mol. The number of nitriles is 1. The van der Waals surface area contributed by atoms with Gasteiger partial charge < -0.3 is 4.57 Å². The van der Waals surface area contributed by atoms with Crippen molar-refractivity contribution in [3.63, 3.8) is 0 Å². The molecule has 6 nitrogen and oxygen atoms in total. The molecule has 0 spiro atoms. The molecular weight excluding hydrogens is 350 g/mol. The molecule has 1 aromatic heterocycles. The molecule has 0 saturated carbocycles. The van der Waals surface area contributed by atoms with Crippen LogP contribution in [0.4, 0.5) is 0 Å². The zero-order chi connectivity index (χ0) is 18.1. The van der Waals surface area contributed by atoms with Crippen molar-refractivity contribution >= 4 is 11.6 Å². The van der Waals surface area contributed by atoms with Crippen molar-refractivity contribution in [3.05, 3.63) is 87.7 Å². The lowest BCUT2D eigenvalue weighted by molar-refractivity contribution is 0.779. The number of hydrogen-bond acceptors (Lipinski definition) is 4. The fourth-order valence-electron chi connectivity index (χ4n) is 2.86. The summed E-state index contributed by atoms with van der Waals surface area (Å²) < 4.78 is 3.39. The third-order valence-electron chi connectivity index (χ3n) is 4.03. The summed E-state index contributed by atoms with van der Waals surface area (Å²) in [4.78, 5) is 20.8. The lowest BCUT2D eigenvalue weighted by Crippen LogP contribution is -2.14. The predicted molar refractivity (Wildman–Crippen MR) is 97.5 cm³/mol. The van der Waals surface area contributed by atoms with E-state index in [4.69, 9.17) is 16.9 Å². The van der Waals surface area contributed by atoms with Gasteiger partial charge in [-0.2, -0.15) is 10.2 Å². The van der Waals surface area contributed by atoms with Crippen LogP contribution in [0.5, 0.6) is 0 Å². The fourth-order valence-corrected chi connectivity index (χ4v) is 2.97. The molecule has 0 N–H and O–H groups in total. The molecule has 0 aliphatic carbocycles. The quantitative estimate of drug-likeness (QED) is 0.525. The number of pyridine rings is 2. The summed E-state index contributed by atoms with van der Waals surface area (Å²) in [5, 5.41) is 9.53. The van der Waals surface area contributed by atoms with Gasteiger partial charge in [-0.25, -0.2) is 9.78 Å². The SMILES string of the molecule is N#Cc1cccc(-n2c3cccn(Cc4ccc(Cl)nc4)c-3nc2=O)c1. The molecule has 0 radical (unpaired) electrons. The molecule has 0 amide bonds. The molecule has 4 rings (SSSR count). The van der Waals surface area contributed by atoms with Crippen LogP contribution in [0.3, 0.4) is 0 Å². The summed E-state index contributed by atoms with van der Waals surface area (Å²) in [5.41, 5.74) is 2.33. The van der Waals surface area contributed by atoms with E-state index >= 15 is 0 Å². The highest BCUT2D eigenvalue weighted by molar-refractivity contribution is 6.29. The molecule has 7 heteroatoms. The van der Waals surface area contributed by atoms with Crippen LogP contribution < -0.4 is 5.69 Å². The second-order valence-electron chi connectivity index (χ2n) is 5.73. The molecule has 0 atom stereocenters. The van der Waals surface area contributed by atoms with Crippen molar-refractivity contribution < 1.29 is 0 Å². The zero-order valence-corrected chi connectivity index (χ0v) is 14.3. The maximum Gasteiger partial charge on any atom is 0.354 e. The van der Waals surface area contributed by atoms with E-state index in [1.54, 1.807) is 36.5 Å². The largest absolute Gasteiger partial charge is 0.354 e. The van der Waals surface area contributed by atoms with Crippen LogP contribution in [0.25, 0.3) is 17.2 Å². The molecule has 2 aromatic rings. The Labute approximate surface area is 153 Å². The first kappa shape index (κ1) is 16.1. The molecule has 0 unspecified atom stereocenters. The standard InChI is InChI=1S/C19H12ClN5O/c20-17-7-6-14(11-22-17)12-24-8-2-5-16-18(24)23-19(26)25(16)15-4-1-3-13(9-15)10-21/h1-9,11H,12H2. The van der Waals surface area contributed by atoms with Crippen molar-refractivity contribution in [1.29, 1.82) is 5.26 Å². The third kappa shape index (κ3) is 2.85. The molecule has 2 aliphatic rings. The second-order valence-corrected chi connectivity index (χ2v) is 6.11. The van der Waals surface area contributed by atoms with Crippen LogP contribution in [-0.2, 0) is 6.54 Å². The Bertz CT molecular complexity index is 1150. The molecule has 0 fully saturated rings. The molecule has 3 heterocycles. The molecule has 26 heavy (non-hydrogen) atoms. The van der Waals surface area contributed by atoms with E-state index in [-0.39, 0.29) is 5.69 Å². The summed E-state index contributed by atoms with van der Waals surface area (Å²) in [6.45, 7) is 0.510. The normalized spacial score (nSPS) is 10.8. The van der Waals surface area contributed by atoms with Crippen molar-refractivity contribution in [2.24, 2.45) is 0 Å². The highest BCUT2D eigenvalue weighted by Crippen LogP contribution is 2.22. The molecule has 0 saturated heterocycles. The van der Waals surface area contributed by atoms with Gasteiger partial charge in [0.15, 0.2) is 5.82 Å². The fraction of sp³-hybridized carbons (Fsp3) is 0.0526. The van der Waals surface area contributed by atoms with Crippen LogP contribution in [-0.4, -0.2) is 19.1 Å². The van der Waals surface area contributed by atoms with Crippen molar-refractivity contribution in [1.82, 2.24) is 19.1 Å². The second kappa shape index (κ2) is 6.47. The smallest absolute Gasteiger partial charge is 0.327 e. The topological polar surface area (TPSA) is 76.5 Å². The number of aromatic nitrogens is 4. The lowest BCUT2D eigenvalue weighted by atomic mass is 10.2. The average Bonchev–Trinajstić information content (AvgIpc) is 3.00. The number of rotatable bonds is 3. The van der Waals surface area contributed by atoms with Gasteiger partial charge in [0.25, 0.3) is 0 Å². The Morgan fingerprint density at radius 3 is 2.81 bits per heavy atom. The van der Waals surface area contributed by atoms with Gasteiger partial charge in [-0.3, -0.25) is 4.57 Å². The van der Waals surface area contributed by atoms with Gasteiger partial charge in [0, 0.05) is 12.4 Å². The van der Waals surface area contributed by atoms with Crippen LogP contribution in [0.2, 0.25) is 5.15 Å². The molecule has 126 valence electrons. The first-order chi connectivity index (χ1) is 12.7. The van der Waals surface area contributed by atoms with E-state index in [1.807, 2.05) is 29.0 Å². The number of fused-ring (bicyclic) bond motifs is 1. The van der Waals surface area contributed by atoms with Gasteiger partial charge in [-0.05, 0) is 42.0 Å². The predicted octanol–water partition coefficient (Wildman–Crippen LogP) is 3.11. The Morgan fingerprint density at radius 1 is 1.15 bits per heavy atom. The number of nitrogens with zero attached hydrogens (tertiary/aromatic N) is 5. The summed E-state index contributed by atoms with van der Waals surface area (Å²) in [7, 11) is 0. The minimum Gasteiger partial charge on any atom is -0.327 e. The van der Waals surface area contributed by atoms with Crippen LogP contribution in [0.1, 0.15) is 11.1 Å². The maximum absolute atomic E-state index is 12.5. The molecule has 0 bridgehead atoms. The zero-order valence-electron chi connectivity index (χ0n) is 13.5. The van der Waals surface area contributed by atoms with Crippen molar-refractivity contribution in [2.75, 3.05) is 0 Å². The third-order valence-corrected chi connectivity index (χ3v) is 4.25. The summed E-state index contributed by atoms with van der Waals surface area (Å²) in [6, 6.07) is 16.3. The molecule has 1 aromatic carbocycles. The Hall–Kier alpha value is -3.43. The van der Waals surface area contributed by atoms with Gasteiger partial charge in [0.05, 0.1) is 29.6 Å². The van der Waals surface area contributed by atoms with Gasteiger partial charge in [-0.1, -0.05) is 23.7 Å². The van der Waals surface area contributed by atoms with Crippen molar-refractivity contribution in [3.8, 4) is 23.3 Å². The van der Waals surface area contributed by atoms with Crippen molar-refractivity contribution in [2.45, 2.75) is 6.54 Å². The Balaban J connectivity index is 1.79. The first-order valence-electron chi connectivity index (χ1n) is 7.84. The maximum atomic E-state index is 12.5. The lowest BCUT2D eigenvalue weighted by Gasteiger charge is -2.12. The van der Waals surface area contributed by atoms with Crippen LogP contribution in [0, 0.1) is 11.3 Å². The number of halogens is 1. The molecular formula is C19H12ClN5O. The number of imidazole rings is 1. The molecule has 2 aliphatic heterocycles.